The molecule has 3 heterocycles. The summed E-state index contributed by atoms with van der Waals surface area (Å²) in [6.45, 7) is 13.2. The number of fused-ring (bicyclic) bond motifs is 1. The van der Waals surface area contributed by atoms with Gasteiger partial charge in [0.1, 0.15) is 17.6 Å². The highest BCUT2D eigenvalue weighted by atomic mass is 35.5. The number of carbonyl (C=O) groups excluding carboxylic acids is 3. The molecule has 1 spiro atoms. The third-order valence-electron chi connectivity index (χ3n) is 8.78. The van der Waals surface area contributed by atoms with E-state index in [0.717, 1.165) is 5.56 Å². The maximum absolute atomic E-state index is 14.7. The SMILES string of the molecule is C=CCCOC(=O)[C@H]1[C@H]2C(=O)N([C@@H](CC)CO)C(C(=O)N(CC=C)c3c(C)cccc3Cl)C23CC[C@]1(CC)O3. The average molecular weight is 559 g/mol. The van der Waals surface area contributed by atoms with Crippen molar-refractivity contribution in [2.24, 2.45) is 11.8 Å². The first kappa shape index (κ1) is 29.3. The Balaban J connectivity index is 1.86. The molecule has 39 heavy (non-hydrogen) atoms. The summed E-state index contributed by atoms with van der Waals surface area (Å²) in [6, 6.07) is 3.72. The Morgan fingerprint density at radius 1 is 1.31 bits per heavy atom. The van der Waals surface area contributed by atoms with Crippen molar-refractivity contribution >= 4 is 35.1 Å². The van der Waals surface area contributed by atoms with E-state index < -0.39 is 41.1 Å². The number of para-hydroxylation sites is 1. The summed E-state index contributed by atoms with van der Waals surface area (Å²) < 4.78 is 12.4. The highest BCUT2D eigenvalue weighted by molar-refractivity contribution is 6.34. The van der Waals surface area contributed by atoms with Gasteiger partial charge in [0.2, 0.25) is 5.91 Å². The van der Waals surface area contributed by atoms with Crippen LogP contribution in [0.2, 0.25) is 5.02 Å². The van der Waals surface area contributed by atoms with E-state index in [1.54, 1.807) is 23.1 Å². The Morgan fingerprint density at radius 2 is 2.05 bits per heavy atom. The van der Waals surface area contributed by atoms with Gasteiger partial charge in [0.15, 0.2) is 0 Å². The van der Waals surface area contributed by atoms with Gasteiger partial charge in [0.25, 0.3) is 5.91 Å². The fourth-order valence-corrected chi connectivity index (χ4v) is 7.29. The monoisotopic (exact) mass is 558 g/mol. The van der Waals surface area contributed by atoms with Crippen molar-refractivity contribution in [1.82, 2.24) is 4.90 Å². The number of benzene rings is 1. The summed E-state index contributed by atoms with van der Waals surface area (Å²) in [5, 5.41) is 10.7. The lowest BCUT2D eigenvalue weighted by Crippen LogP contribution is -2.59. The number of rotatable bonds is 12. The molecule has 212 valence electrons. The number of likely N-dealkylation sites (tertiary alicyclic amines) is 1. The van der Waals surface area contributed by atoms with Crippen LogP contribution in [0.25, 0.3) is 0 Å². The van der Waals surface area contributed by atoms with E-state index in [1.807, 2.05) is 32.9 Å². The second-order valence-corrected chi connectivity index (χ2v) is 11.1. The number of esters is 1. The largest absolute Gasteiger partial charge is 0.465 e. The average Bonchev–Trinajstić information content (AvgIpc) is 3.52. The van der Waals surface area contributed by atoms with Crippen LogP contribution in [0.3, 0.4) is 0 Å². The zero-order chi connectivity index (χ0) is 28.5. The number of nitrogens with zero attached hydrogens (tertiary/aromatic N) is 2. The van der Waals surface area contributed by atoms with E-state index in [0.29, 0.717) is 42.8 Å². The molecule has 3 aliphatic rings. The van der Waals surface area contributed by atoms with Gasteiger partial charge in [-0.2, -0.15) is 0 Å². The third kappa shape index (κ3) is 4.50. The molecule has 0 aliphatic carbocycles. The molecule has 2 bridgehead atoms. The number of aliphatic hydroxyl groups is 1. The Labute approximate surface area is 235 Å². The molecule has 3 saturated heterocycles. The predicted molar refractivity (Wildman–Crippen MR) is 149 cm³/mol. The normalized spacial score (nSPS) is 29.7. The number of aliphatic hydroxyl groups excluding tert-OH is 1. The topological polar surface area (TPSA) is 96.4 Å². The summed E-state index contributed by atoms with van der Waals surface area (Å²) in [6.07, 6.45) is 5.65. The van der Waals surface area contributed by atoms with Gasteiger partial charge < -0.3 is 24.4 Å². The maximum Gasteiger partial charge on any atom is 0.312 e. The van der Waals surface area contributed by atoms with Gasteiger partial charge >= 0.3 is 5.97 Å². The molecule has 8 nitrogen and oxygen atoms in total. The van der Waals surface area contributed by atoms with Crippen LogP contribution in [0.1, 0.15) is 51.5 Å². The minimum atomic E-state index is -1.23. The van der Waals surface area contributed by atoms with Crippen LogP contribution in [-0.2, 0) is 23.9 Å². The number of carbonyl (C=O) groups is 3. The lowest BCUT2D eigenvalue weighted by atomic mass is 9.65. The van der Waals surface area contributed by atoms with Crippen LogP contribution < -0.4 is 4.90 Å². The summed E-state index contributed by atoms with van der Waals surface area (Å²) in [5.74, 6) is -2.96. The van der Waals surface area contributed by atoms with E-state index in [1.165, 1.54) is 4.90 Å². The molecule has 0 radical (unpaired) electrons. The highest BCUT2D eigenvalue weighted by Gasteiger charge is 2.79. The van der Waals surface area contributed by atoms with Crippen molar-refractivity contribution in [3.8, 4) is 0 Å². The van der Waals surface area contributed by atoms with Crippen LogP contribution in [-0.4, -0.2) is 70.8 Å². The van der Waals surface area contributed by atoms with Crippen molar-refractivity contribution in [3.63, 3.8) is 0 Å². The molecule has 6 atom stereocenters. The maximum atomic E-state index is 14.7. The molecule has 0 aromatic heterocycles. The third-order valence-corrected chi connectivity index (χ3v) is 9.09. The van der Waals surface area contributed by atoms with E-state index in [-0.39, 0.29) is 31.6 Å². The number of hydrogen-bond acceptors (Lipinski definition) is 6. The van der Waals surface area contributed by atoms with Crippen LogP contribution >= 0.6 is 11.6 Å². The second-order valence-electron chi connectivity index (χ2n) is 10.7. The first-order valence-electron chi connectivity index (χ1n) is 13.8. The number of hydrogen-bond donors (Lipinski definition) is 1. The van der Waals surface area contributed by atoms with Gasteiger partial charge in [-0.1, -0.05) is 49.7 Å². The molecule has 1 aromatic rings. The number of aryl methyl sites for hydroxylation is 1. The van der Waals surface area contributed by atoms with Crippen molar-refractivity contribution in [2.75, 3.05) is 24.7 Å². The molecule has 9 heteroatoms. The smallest absolute Gasteiger partial charge is 0.312 e. The summed E-state index contributed by atoms with van der Waals surface area (Å²) in [5.41, 5.74) is -0.807. The van der Waals surface area contributed by atoms with Crippen molar-refractivity contribution in [3.05, 3.63) is 54.1 Å². The molecular weight excluding hydrogens is 520 g/mol. The molecule has 3 fully saturated rings. The molecule has 3 aliphatic heterocycles. The summed E-state index contributed by atoms with van der Waals surface area (Å²) >= 11 is 6.60. The van der Waals surface area contributed by atoms with Crippen LogP contribution in [0, 0.1) is 18.8 Å². The van der Waals surface area contributed by atoms with E-state index in [9.17, 15) is 19.5 Å². The van der Waals surface area contributed by atoms with Gasteiger partial charge in [-0.3, -0.25) is 14.4 Å². The summed E-state index contributed by atoms with van der Waals surface area (Å²) in [4.78, 5) is 45.5. The molecule has 2 amide bonds. The first-order valence-corrected chi connectivity index (χ1v) is 14.1. The molecule has 1 N–H and O–H groups in total. The molecule has 0 saturated carbocycles. The Morgan fingerprint density at radius 3 is 2.64 bits per heavy atom. The van der Waals surface area contributed by atoms with Gasteiger partial charge in [0.05, 0.1) is 41.5 Å². The lowest BCUT2D eigenvalue weighted by Gasteiger charge is -2.39. The van der Waals surface area contributed by atoms with Gasteiger partial charge in [-0.15, -0.1) is 13.2 Å². The molecule has 1 aromatic carbocycles. The quantitative estimate of drug-likeness (QED) is 0.234. The highest BCUT2D eigenvalue weighted by Crippen LogP contribution is 2.65. The van der Waals surface area contributed by atoms with E-state index in [4.69, 9.17) is 21.1 Å². The predicted octanol–water partition coefficient (Wildman–Crippen LogP) is 4.21. The fraction of sp³-hybridized carbons (Fsp3) is 0.567. The van der Waals surface area contributed by atoms with Crippen molar-refractivity contribution < 1.29 is 29.0 Å². The fourth-order valence-electron chi connectivity index (χ4n) is 6.97. The van der Waals surface area contributed by atoms with Gasteiger partial charge in [0, 0.05) is 6.54 Å². The van der Waals surface area contributed by atoms with Crippen LogP contribution in [0.4, 0.5) is 5.69 Å². The van der Waals surface area contributed by atoms with E-state index >= 15 is 0 Å². The number of amides is 2. The van der Waals surface area contributed by atoms with Crippen molar-refractivity contribution in [1.29, 1.82) is 0 Å². The molecule has 2 unspecified atom stereocenters. The number of anilines is 1. The minimum absolute atomic E-state index is 0.157. The Kier molecular flexibility index (Phi) is 8.59. The first-order chi connectivity index (χ1) is 18.7. The molecule has 4 rings (SSSR count). The molecular formula is C30H39ClN2O6. The van der Waals surface area contributed by atoms with Gasteiger partial charge in [-0.25, -0.2) is 0 Å². The Bertz CT molecular complexity index is 1130. The summed E-state index contributed by atoms with van der Waals surface area (Å²) in [7, 11) is 0. The number of ether oxygens (including phenoxy) is 2. The van der Waals surface area contributed by atoms with Gasteiger partial charge in [-0.05, 0) is 50.7 Å². The second kappa shape index (κ2) is 11.4. The van der Waals surface area contributed by atoms with E-state index in [2.05, 4.69) is 13.2 Å². The zero-order valence-electron chi connectivity index (χ0n) is 23.0. The van der Waals surface area contributed by atoms with Crippen LogP contribution in [0.5, 0.6) is 0 Å². The number of halogens is 1. The minimum Gasteiger partial charge on any atom is -0.465 e. The van der Waals surface area contributed by atoms with Crippen LogP contribution in [0.15, 0.2) is 43.5 Å². The standard InChI is InChI=1S/C30H39ClN2O6/c1-6-10-17-38-28(37)23-22-26(35)33(20(8-3)18-34)25(30(22)15-14-29(23,9-4)39-30)27(36)32(16-7-2)24-19(5)12-11-13-21(24)31/h6-7,11-13,20,22-23,25,34H,1-2,8-10,14-18H2,3-5H3/t20-,22-,23+,25?,29-,30?/m0/s1. The lowest BCUT2D eigenvalue weighted by molar-refractivity contribution is -0.162. The zero-order valence-corrected chi connectivity index (χ0v) is 23.8. The Hall–Kier alpha value is -2.68. The van der Waals surface area contributed by atoms with Crippen molar-refractivity contribution in [2.45, 2.75) is 76.2 Å².